The number of hydrogen-bond acceptors (Lipinski definition) is 1. The van der Waals surface area contributed by atoms with Gasteiger partial charge in [-0.05, 0) is 42.0 Å². The second-order valence-electron chi connectivity index (χ2n) is 5.73. The monoisotopic (exact) mass is 251 g/mol. The molecule has 2 aromatic rings. The summed E-state index contributed by atoms with van der Waals surface area (Å²) in [7, 11) is 0. The summed E-state index contributed by atoms with van der Waals surface area (Å²) in [6.07, 6.45) is 3.79. The van der Waals surface area contributed by atoms with Crippen LogP contribution >= 0.6 is 0 Å². The molecule has 0 radical (unpaired) electrons. The molecule has 1 aliphatic carbocycles. The average molecular weight is 251 g/mol. The molecule has 2 aromatic carbocycles. The van der Waals surface area contributed by atoms with Crippen molar-refractivity contribution >= 4 is 0 Å². The summed E-state index contributed by atoms with van der Waals surface area (Å²) < 4.78 is 0. The second-order valence-corrected chi connectivity index (χ2v) is 5.73. The Hall–Kier alpha value is -1.60. The molecule has 0 atom stereocenters. The largest absolute Gasteiger partial charge is 0.330 e. The first-order valence-corrected chi connectivity index (χ1v) is 7.12. The molecule has 0 aliphatic heterocycles. The van der Waals surface area contributed by atoms with Gasteiger partial charge in [-0.15, -0.1) is 0 Å². The SMILES string of the molecule is Cc1ccc(C2(CN)CCC2)cc1-c1ccccc1. The lowest BCUT2D eigenvalue weighted by Crippen LogP contribution is -2.41. The normalized spacial score (nSPS) is 16.9. The highest BCUT2D eigenvalue weighted by molar-refractivity contribution is 5.68. The fraction of sp³-hybridized carbons (Fsp3) is 0.333. The Bertz CT molecular complexity index is 562. The zero-order chi connectivity index (χ0) is 13.3. The quantitative estimate of drug-likeness (QED) is 0.875. The Morgan fingerprint density at radius 2 is 1.79 bits per heavy atom. The van der Waals surface area contributed by atoms with Gasteiger partial charge in [-0.25, -0.2) is 0 Å². The first-order valence-electron chi connectivity index (χ1n) is 7.12. The van der Waals surface area contributed by atoms with E-state index in [1.807, 2.05) is 0 Å². The lowest BCUT2D eigenvalue weighted by atomic mass is 9.64. The second kappa shape index (κ2) is 4.82. The van der Waals surface area contributed by atoms with E-state index >= 15 is 0 Å². The summed E-state index contributed by atoms with van der Waals surface area (Å²) >= 11 is 0. The van der Waals surface area contributed by atoms with Crippen molar-refractivity contribution in [2.45, 2.75) is 31.6 Å². The molecule has 0 spiro atoms. The number of benzene rings is 2. The van der Waals surface area contributed by atoms with Gasteiger partial charge in [-0.3, -0.25) is 0 Å². The van der Waals surface area contributed by atoms with Gasteiger partial charge in [-0.1, -0.05) is 55.0 Å². The van der Waals surface area contributed by atoms with Crippen molar-refractivity contribution in [2.75, 3.05) is 6.54 Å². The molecule has 0 amide bonds. The molecule has 0 saturated heterocycles. The minimum Gasteiger partial charge on any atom is -0.330 e. The Balaban J connectivity index is 2.06. The van der Waals surface area contributed by atoms with Crippen LogP contribution in [0.5, 0.6) is 0 Å². The highest BCUT2D eigenvalue weighted by Crippen LogP contribution is 2.44. The fourth-order valence-corrected chi connectivity index (χ4v) is 3.09. The Kier molecular flexibility index (Phi) is 3.16. The molecule has 0 aromatic heterocycles. The van der Waals surface area contributed by atoms with Gasteiger partial charge >= 0.3 is 0 Å². The third-order valence-electron chi connectivity index (χ3n) is 4.64. The summed E-state index contributed by atoms with van der Waals surface area (Å²) in [5, 5.41) is 0. The van der Waals surface area contributed by atoms with Gasteiger partial charge in [0.15, 0.2) is 0 Å². The Morgan fingerprint density at radius 1 is 1.05 bits per heavy atom. The summed E-state index contributed by atoms with van der Waals surface area (Å²) in [4.78, 5) is 0. The number of aryl methyl sites for hydroxylation is 1. The number of rotatable bonds is 3. The van der Waals surface area contributed by atoms with Gasteiger partial charge in [0.25, 0.3) is 0 Å². The van der Waals surface area contributed by atoms with Crippen molar-refractivity contribution in [1.29, 1.82) is 0 Å². The Labute approximate surface area is 115 Å². The van der Waals surface area contributed by atoms with Crippen molar-refractivity contribution in [3.8, 4) is 11.1 Å². The molecule has 1 saturated carbocycles. The van der Waals surface area contributed by atoms with Crippen LogP contribution in [0, 0.1) is 6.92 Å². The van der Waals surface area contributed by atoms with Crippen LogP contribution in [0.15, 0.2) is 48.5 Å². The van der Waals surface area contributed by atoms with Gasteiger partial charge in [0, 0.05) is 12.0 Å². The molecule has 0 heterocycles. The molecule has 3 rings (SSSR count). The van der Waals surface area contributed by atoms with Gasteiger partial charge < -0.3 is 5.73 Å². The predicted molar refractivity (Wildman–Crippen MR) is 81.2 cm³/mol. The lowest BCUT2D eigenvalue weighted by molar-refractivity contribution is 0.253. The van der Waals surface area contributed by atoms with E-state index in [9.17, 15) is 0 Å². The highest BCUT2D eigenvalue weighted by Gasteiger charge is 2.37. The maximum Gasteiger partial charge on any atom is 0.00758 e. The minimum atomic E-state index is 0.247. The van der Waals surface area contributed by atoms with Crippen LogP contribution in [-0.4, -0.2) is 6.54 Å². The Morgan fingerprint density at radius 3 is 2.37 bits per heavy atom. The third kappa shape index (κ3) is 2.08. The van der Waals surface area contributed by atoms with E-state index in [4.69, 9.17) is 5.73 Å². The van der Waals surface area contributed by atoms with Crippen molar-refractivity contribution in [1.82, 2.24) is 0 Å². The maximum absolute atomic E-state index is 6.03. The van der Waals surface area contributed by atoms with E-state index < -0.39 is 0 Å². The average Bonchev–Trinajstić information content (AvgIpc) is 2.41. The van der Waals surface area contributed by atoms with Crippen LogP contribution in [-0.2, 0) is 5.41 Å². The molecule has 1 nitrogen and oxygen atoms in total. The van der Waals surface area contributed by atoms with Crippen LogP contribution < -0.4 is 5.73 Å². The molecule has 1 heteroatoms. The van der Waals surface area contributed by atoms with Gasteiger partial charge in [0.1, 0.15) is 0 Å². The van der Waals surface area contributed by atoms with Crippen LogP contribution in [0.3, 0.4) is 0 Å². The molecule has 2 N–H and O–H groups in total. The lowest BCUT2D eigenvalue weighted by Gasteiger charge is -2.42. The molecule has 0 unspecified atom stereocenters. The molecular formula is C18H21N. The van der Waals surface area contributed by atoms with Gasteiger partial charge in [0.2, 0.25) is 0 Å². The highest BCUT2D eigenvalue weighted by atomic mass is 14.6. The number of nitrogens with two attached hydrogens (primary N) is 1. The van der Waals surface area contributed by atoms with Gasteiger partial charge in [-0.2, -0.15) is 0 Å². The molecule has 0 bridgehead atoms. The topological polar surface area (TPSA) is 26.0 Å². The standard InChI is InChI=1S/C18H21N/c1-14-8-9-16(18(13-19)10-5-11-18)12-17(14)15-6-3-2-4-7-15/h2-4,6-9,12H,5,10-11,13,19H2,1H3. The van der Waals surface area contributed by atoms with Crippen LogP contribution in [0.25, 0.3) is 11.1 Å². The van der Waals surface area contributed by atoms with Crippen molar-refractivity contribution in [2.24, 2.45) is 5.73 Å². The zero-order valence-electron chi connectivity index (χ0n) is 11.5. The van der Waals surface area contributed by atoms with Crippen molar-refractivity contribution in [3.05, 3.63) is 59.7 Å². The molecule has 1 aliphatic rings. The third-order valence-corrected chi connectivity index (χ3v) is 4.64. The summed E-state index contributed by atoms with van der Waals surface area (Å²) in [6, 6.07) is 17.5. The molecule has 1 fully saturated rings. The number of hydrogen-bond donors (Lipinski definition) is 1. The fourth-order valence-electron chi connectivity index (χ4n) is 3.09. The van der Waals surface area contributed by atoms with Crippen LogP contribution in [0.4, 0.5) is 0 Å². The maximum atomic E-state index is 6.03. The van der Waals surface area contributed by atoms with E-state index in [2.05, 4.69) is 55.5 Å². The zero-order valence-corrected chi connectivity index (χ0v) is 11.5. The van der Waals surface area contributed by atoms with Crippen molar-refractivity contribution < 1.29 is 0 Å². The van der Waals surface area contributed by atoms with E-state index in [-0.39, 0.29) is 5.41 Å². The molecule has 19 heavy (non-hydrogen) atoms. The predicted octanol–water partition coefficient (Wildman–Crippen LogP) is 4.04. The van der Waals surface area contributed by atoms with E-state index in [0.29, 0.717) is 0 Å². The van der Waals surface area contributed by atoms with E-state index in [1.54, 1.807) is 0 Å². The van der Waals surface area contributed by atoms with Crippen LogP contribution in [0.2, 0.25) is 0 Å². The smallest absolute Gasteiger partial charge is 0.00758 e. The summed E-state index contributed by atoms with van der Waals surface area (Å²) in [5.74, 6) is 0. The minimum absolute atomic E-state index is 0.247. The molecular weight excluding hydrogens is 230 g/mol. The molecule has 98 valence electrons. The first-order chi connectivity index (χ1) is 9.25. The van der Waals surface area contributed by atoms with E-state index in [1.165, 1.54) is 41.5 Å². The van der Waals surface area contributed by atoms with Crippen molar-refractivity contribution in [3.63, 3.8) is 0 Å². The first kappa shape index (κ1) is 12.4. The van der Waals surface area contributed by atoms with Gasteiger partial charge in [0.05, 0.1) is 0 Å². The summed E-state index contributed by atoms with van der Waals surface area (Å²) in [6.45, 7) is 2.95. The van der Waals surface area contributed by atoms with Crippen LogP contribution in [0.1, 0.15) is 30.4 Å². The van der Waals surface area contributed by atoms with E-state index in [0.717, 1.165) is 6.54 Å². The summed E-state index contributed by atoms with van der Waals surface area (Å²) in [5.41, 5.74) is 11.7.